The fourth-order valence-electron chi connectivity index (χ4n) is 6.74. The quantitative estimate of drug-likeness (QED) is 0.650. The summed E-state index contributed by atoms with van der Waals surface area (Å²) in [7, 11) is -4.17. The summed E-state index contributed by atoms with van der Waals surface area (Å²) in [6.07, 6.45) is 8.64. The second-order valence-electron chi connectivity index (χ2n) is 9.66. The summed E-state index contributed by atoms with van der Waals surface area (Å²) in [5, 5.41) is 10.7. The molecule has 0 heterocycles. The summed E-state index contributed by atoms with van der Waals surface area (Å²) in [6, 6.07) is 5.55. The molecule has 1 aromatic carbocycles. The second-order valence-corrected chi connectivity index (χ2v) is 10.9. The van der Waals surface area contributed by atoms with E-state index in [1.165, 1.54) is 5.56 Å². The summed E-state index contributed by atoms with van der Waals surface area (Å²) in [5.41, 5.74) is 2.54. The Morgan fingerprint density at radius 1 is 1.23 bits per heavy atom. The molecule has 0 aromatic heterocycles. The zero-order chi connectivity index (χ0) is 22.2. The van der Waals surface area contributed by atoms with Gasteiger partial charge >= 0.3 is 10.3 Å². The van der Waals surface area contributed by atoms with E-state index in [-0.39, 0.29) is 23.7 Å². The van der Waals surface area contributed by atoms with Gasteiger partial charge < -0.3 is 9.29 Å². The van der Waals surface area contributed by atoms with E-state index >= 15 is 0 Å². The first kappa shape index (κ1) is 22.6. The molecule has 1 amide bonds. The molecule has 31 heavy (non-hydrogen) atoms. The molecule has 2 saturated carbocycles. The smallest absolute Gasteiger partial charge is 0.393 e. The van der Waals surface area contributed by atoms with Crippen LogP contribution in [0, 0.1) is 17.3 Å². The van der Waals surface area contributed by atoms with Gasteiger partial charge in [0.05, 0.1) is 6.10 Å². The van der Waals surface area contributed by atoms with Gasteiger partial charge in [-0.15, -0.1) is 0 Å². The Balaban J connectivity index is 1.49. The largest absolute Gasteiger partial charge is 0.409 e. The van der Waals surface area contributed by atoms with E-state index in [9.17, 15) is 18.3 Å². The van der Waals surface area contributed by atoms with Crippen LogP contribution >= 0.6 is 0 Å². The monoisotopic (exact) mass is 449 g/mol. The molecule has 2 fully saturated rings. The Hall–Kier alpha value is -1.60. The molecule has 2 N–H and O–H groups in total. The van der Waals surface area contributed by atoms with Crippen molar-refractivity contribution in [1.82, 2.24) is 4.72 Å². The van der Waals surface area contributed by atoms with Crippen molar-refractivity contribution >= 4 is 16.2 Å². The number of nitrogens with one attached hydrogen (secondary N) is 1. The summed E-state index contributed by atoms with van der Waals surface area (Å²) in [5.74, 6) is 1.35. The van der Waals surface area contributed by atoms with Crippen molar-refractivity contribution in [2.75, 3.05) is 0 Å². The molecule has 0 aliphatic heterocycles. The van der Waals surface area contributed by atoms with Crippen molar-refractivity contribution < 1.29 is 22.5 Å². The van der Waals surface area contributed by atoms with Crippen LogP contribution in [0.15, 0.2) is 18.2 Å². The maximum atomic E-state index is 12.2. The summed E-state index contributed by atoms with van der Waals surface area (Å²) >= 11 is 0. The Kier molecular flexibility index (Phi) is 6.37. The van der Waals surface area contributed by atoms with Gasteiger partial charge in [-0.1, -0.05) is 26.3 Å². The third-order valence-corrected chi connectivity index (χ3v) is 9.12. The van der Waals surface area contributed by atoms with E-state index < -0.39 is 16.2 Å². The third-order valence-electron chi connectivity index (χ3n) is 8.23. The van der Waals surface area contributed by atoms with Gasteiger partial charge in [0.15, 0.2) is 0 Å². The molecule has 4 rings (SSSR count). The van der Waals surface area contributed by atoms with Crippen LogP contribution in [0.1, 0.15) is 88.7 Å². The minimum Gasteiger partial charge on any atom is -0.393 e. The summed E-state index contributed by atoms with van der Waals surface area (Å²) in [4.78, 5) is 11.8. The van der Waals surface area contributed by atoms with Crippen LogP contribution in [-0.2, 0) is 21.5 Å². The fraction of sp³-hybridized carbons (Fsp3) is 0.708. The van der Waals surface area contributed by atoms with Crippen molar-refractivity contribution in [3.8, 4) is 5.75 Å². The van der Waals surface area contributed by atoms with Gasteiger partial charge in [-0.05, 0) is 97.8 Å². The topological polar surface area (TPSA) is 92.7 Å². The van der Waals surface area contributed by atoms with Gasteiger partial charge in [0.2, 0.25) is 5.91 Å². The molecule has 0 radical (unpaired) electrons. The highest BCUT2D eigenvalue weighted by Gasteiger charge is 2.55. The molecule has 3 aliphatic rings. The maximum absolute atomic E-state index is 12.2. The van der Waals surface area contributed by atoms with Crippen LogP contribution in [0.4, 0.5) is 0 Å². The Morgan fingerprint density at radius 2 is 2.03 bits per heavy atom. The van der Waals surface area contributed by atoms with Gasteiger partial charge in [-0.25, -0.2) is 4.72 Å². The lowest BCUT2D eigenvalue weighted by Crippen LogP contribution is -2.45. The first-order chi connectivity index (χ1) is 14.8. The van der Waals surface area contributed by atoms with Crippen LogP contribution in [0.25, 0.3) is 0 Å². The van der Waals surface area contributed by atoms with Gasteiger partial charge in [0.25, 0.3) is 0 Å². The number of rotatable bonds is 7. The number of carbonyl (C=O) groups is 1. The maximum Gasteiger partial charge on any atom is 0.409 e. The normalized spacial score (nSPS) is 32.0. The number of benzene rings is 1. The van der Waals surface area contributed by atoms with E-state index in [2.05, 4.69) is 6.92 Å². The van der Waals surface area contributed by atoms with Crippen molar-refractivity contribution in [2.45, 2.75) is 90.1 Å². The fourth-order valence-corrected chi connectivity index (χ4v) is 7.52. The SMILES string of the molecule is CCCCC(=O)NS(=O)(=O)Oc1ccc2c(c1)CCC1C2CCC2(CC)C(O)CCC12. The van der Waals surface area contributed by atoms with Gasteiger partial charge in [-0.2, -0.15) is 8.42 Å². The highest BCUT2D eigenvalue weighted by molar-refractivity contribution is 7.85. The highest BCUT2D eigenvalue weighted by atomic mass is 32.2. The molecule has 172 valence electrons. The molecular formula is C24H35NO5S. The minimum atomic E-state index is -4.17. The van der Waals surface area contributed by atoms with Gasteiger partial charge in [0, 0.05) is 6.42 Å². The summed E-state index contributed by atoms with van der Waals surface area (Å²) < 4.78 is 31.6. The standard InChI is InChI=1S/C24H35NO5S/c1-3-5-6-23(27)25-31(28,29)30-17-8-10-18-16(15-17)7-9-20-19(18)13-14-24(4-2)21(20)11-12-22(24)26/h8,10,15,19-22,26H,3-7,9,11-14H2,1-2H3,(H,25,27). The predicted molar refractivity (Wildman–Crippen MR) is 119 cm³/mol. The van der Waals surface area contributed by atoms with Crippen LogP contribution in [-0.4, -0.2) is 25.5 Å². The van der Waals surface area contributed by atoms with E-state index in [4.69, 9.17) is 4.18 Å². The van der Waals surface area contributed by atoms with Gasteiger partial charge in [-0.3, -0.25) is 4.79 Å². The van der Waals surface area contributed by atoms with E-state index in [1.807, 2.05) is 23.8 Å². The molecular weight excluding hydrogens is 414 g/mol. The summed E-state index contributed by atoms with van der Waals surface area (Å²) in [6.45, 7) is 4.17. The van der Waals surface area contributed by atoms with Gasteiger partial charge in [0.1, 0.15) is 5.75 Å². The first-order valence-corrected chi connectivity index (χ1v) is 13.3. The van der Waals surface area contributed by atoms with Crippen LogP contribution in [0.3, 0.4) is 0 Å². The van der Waals surface area contributed by atoms with E-state index in [1.54, 1.807) is 6.07 Å². The van der Waals surface area contributed by atoms with Crippen LogP contribution in [0.2, 0.25) is 0 Å². The molecule has 5 atom stereocenters. The lowest BCUT2D eigenvalue weighted by Gasteiger charge is -2.51. The molecule has 5 unspecified atom stereocenters. The van der Waals surface area contributed by atoms with Crippen molar-refractivity contribution in [3.05, 3.63) is 29.3 Å². The Bertz CT molecular complexity index is 930. The zero-order valence-corrected chi connectivity index (χ0v) is 19.4. The lowest BCUT2D eigenvalue weighted by molar-refractivity contribution is -0.119. The second kappa shape index (κ2) is 8.74. The number of amides is 1. The van der Waals surface area contributed by atoms with Crippen LogP contribution in [0.5, 0.6) is 5.75 Å². The Labute approximate surface area is 186 Å². The number of aliphatic hydroxyl groups excluding tert-OH is 1. The third kappa shape index (κ3) is 4.23. The van der Waals surface area contributed by atoms with E-state index in [0.717, 1.165) is 56.9 Å². The Morgan fingerprint density at radius 3 is 2.77 bits per heavy atom. The average molecular weight is 450 g/mol. The molecule has 0 bridgehead atoms. The molecule has 0 saturated heterocycles. The molecule has 0 spiro atoms. The minimum absolute atomic E-state index is 0.0891. The number of fused-ring (bicyclic) bond motifs is 5. The highest BCUT2D eigenvalue weighted by Crippen LogP contribution is 2.62. The molecule has 3 aliphatic carbocycles. The number of hydrogen-bond donors (Lipinski definition) is 2. The van der Waals surface area contributed by atoms with Crippen molar-refractivity contribution in [3.63, 3.8) is 0 Å². The molecule has 6 nitrogen and oxygen atoms in total. The number of carbonyl (C=O) groups excluding carboxylic acids is 1. The average Bonchev–Trinajstić information content (AvgIpc) is 3.08. The number of aliphatic hydroxyl groups is 1. The van der Waals surface area contributed by atoms with Crippen LogP contribution < -0.4 is 8.91 Å². The van der Waals surface area contributed by atoms with E-state index in [0.29, 0.717) is 24.2 Å². The number of aryl methyl sites for hydroxylation is 1. The first-order valence-electron chi connectivity index (χ1n) is 11.9. The number of unbranched alkanes of at least 4 members (excludes halogenated alkanes) is 1. The predicted octanol–water partition coefficient (Wildman–Crippen LogP) is 4.22. The lowest BCUT2D eigenvalue weighted by atomic mass is 9.54. The van der Waals surface area contributed by atoms with Crippen molar-refractivity contribution in [2.24, 2.45) is 17.3 Å². The molecule has 1 aromatic rings. The van der Waals surface area contributed by atoms with Crippen molar-refractivity contribution in [1.29, 1.82) is 0 Å². The molecule has 7 heteroatoms. The number of hydrogen-bond acceptors (Lipinski definition) is 5. The zero-order valence-electron chi connectivity index (χ0n) is 18.6.